The van der Waals surface area contributed by atoms with E-state index in [4.69, 9.17) is 5.11 Å². The van der Waals surface area contributed by atoms with Gasteiger partial charge in [0.1, 0.15) is 19.5 Å². The van der Waals surface area contributed by atoms with Crippen molar-refractivity contribution in [3.05, 3.63) is 29.3 Å². The molecule has 0 heterocycles. The molecule has 0 saturated heterocycles. The Morgan fingerprint density at radius 2 is 1.82 bits per heavy atom. The van der Waals surface area contributed by atoms with Gasteiger partial charge >= 0.3 is 0 Å². The van der Waals surface area contributed by atoms with Crippen molar-refractivity contribution in [3.8, 4) is 0 Å². The molecule has 0 fully saturated rings. The first-order chi connectivity index (χ1) is 5.16. The lowest BCUT2D eigenvalue weighted by Gasteiger charge is -2.03. The zero-order valence-corrected chi connectivity index (χ0v) is 6.06. The molecule has 1 rings (SSSR count). The highest BCUT2D eigenvalue weighted by Gasteiger charge is 2.07. The molecule has 0 aliphatic heterocycles. The molecular weight excluding hydrogens is 149 g/mol. The van der Waals surface area contributed by atoms with Crippen LogP contribution in [0.5, 0.6) is 0 Å². The Balaban J connectivity index is 3.29. The summed E-state index contributed by atoms with van der Waals surface area (Å²) >= 11 is 0. The molecule has 1 aromatic rings. The Bertz CT molecular complexity index is 275. The van der Waals surface area contributed by atoms with E-state index in [-0.39, 0.29) is 11.0 Å². The third-order valence-electron chi connectivity index (χ3n) is 1.63. The number of rotatable bonds is 1. The van der Waals surface area contributed by atoms with Crippen LogP contribution >= 0.6 is 0 Å². The van der Waals surface area contributed by atoms with Gasteiger partial charge in [-0.05, 0) is 17.6 Å². The van der Waals surface area contributed by atoms with Gasteiger partial charge in [-0.3, -0.25) is 0 Å². The Kier molecular flexibility index (Phi) is 2.24. The van der Waals surface area contributed by atoms with Crippen LogP contribution in [0.2, 0.25) is 0 Å². The number of benzene rings is 1. The number of halogens is 2. The maximum absolute atomic E-state index is 12.7. The zero-order chi connectivity index (χ0) is 8.43. The summed E-state index contributed by atoms with van der Waals surface area (Å²) < 4.78 is 25.4. The minimum absolute atomic E-state index is 0.0324. The molecule has 0 amide bonds. The fourth-order valence-electron chi connectivity index (χ4n) is 0.889. The normalized spacial score (nSPS) is 10.1. The maximum Gasteiger partial charge on any atom is 0.143 e. The molecule has 4 heteroatoms. The van der Waals surface area contributed by atoms with E-state index in [1.165, 1.54) is 7.85 Å². The van der Waals surface area contributed by atoms with Crippen LogP contribution < -0.4 is 5.46 Å². The van der Waals surface area contributed by atoms with Crippen molar-refractivity contribution in [2.75, 3.05) is 0 Å². The number of aliphatic hydroxyl groups is 1. The summed E-state index contributed by atoms with van der Waals surface area (Å²) in [5, 5.41) is 8.62. The maximum atomic E-state index is 12.7. The first-order valence-electron chi connectivity index (χ1n) is 3.21. The molecule has 0 unspecified atom stereocenters. The monoisotopic (exact) mass is 156 g/mol. The quantitative estimate of drug-likeness (QED) is 0.554. The molecule has 0 saturated carbocycles. The van der Waals surface area contributed by atoms with Gasteiger partial charge in [-0.15, -0.1) is 0 Å². The lowest BCUT2D eigenvalue weighted by Crippen LogP contribution is -2.17. The zero-order valence-electron chi connectivity index (χ0n) is 6.06. The van der Waals surface area contributed by atoms with Gasteiger partial charge in [-0.25, -0.2) is 8.78 Å². The minimum atomic E-state index is -0.564. The number of hydrogen-bond acceptors (Lipinski definition) is 1. The summed E-state index contributed by atoms with van der Waals surface area (Å²) in [7, 11) is 1.43. The topological polar surface area (TPSA) is 20.2 Å². The van der Waals surface area contributed by atoms with Gasteiger partial charge in [0.15, 0.2) is 0 Å². The highest BCUT2D eigenvalue weighted by molar-refractivity contribution is 6.33. The van der Waals surface area contributed by atoms with Gasteiger partial charge in [0.05, 0.1) is 6.61 Å². The van der Waals surface area contributed by atoms with Gasteiger partial charge in [0.25, 0.3) is 0 Å². The molecule has 0 atom stereocenters. The number of hydrogen-bond donors (Lipinski definition) is 1. The van der Waals surface area contributed by atoms with Crippen LogP contribution in [0.25, 0.3) is 0 Å². The van der Waals surface area contributed by atoms with Crippen LogP contribution in [-0.2, 0) is 6.61 Å². The van der Waals surface area contributed by atoms with Gasteiger partial charge < -0.3 is 5.11 Å². The standard InChI is InChI=1S/C7H7BF2O/c8-7-4(3-11)5(9)1-2-6(7)10/h1-2,11H,3,8H2. The Morgan fingerprint density at radius 1 is 1.27 bits per heavy atom. The molecule has 1 nitrogen and oxygen atoms in total. The summed E-state index contributed by atoms with van der Waals surface area (Å²) in [6.45, 7) is -0.463. The third-order valence-corrected chi connectivity index (χ3v) is 1.63. The molecule has 0 radical (unpaired) electrons. The minimum Gasteiger partial charge on any atom is -0.392 e. The van der Waals surface area contributed by atoms with E-state index in [1.807, 2.05) is 0 Å². The lowest BCUT2D eigenvalue weighted by molar-refractivity contribution is 0.276. The van der Waals surface area contributed by atoms with E-state index in [9.17, 15) is 8.78 Å². The molecule has 11 heavy (non-hydrogen) atoms. The second-order valence-corrected chi connectivity index (χ2v) is 2.29. The smallest absolute Gasteiger partial charge is 0.143 e. The van der Waals surface area contributed by atoms with Gasteiger partial charge in [-0.1, -0.05) is 0 Å². The van der Waals surface area contributed by atoms with Crippen LogP contribution in [0.15, 0.2) is 12.1 Å². The molecule has 0 aliphatic carbocycles. The van der Waals surface area contributed by atoms with Crippen molar-refractivity contribution in [2.24, 2.45) is 0 Å². The van der Waals surface area contributed by atoms with E-state index in [2.05, 4.69) is 0 Å². The predicted molar refractivity (Wildman–Crippen MR) is 40.5 cm³/mol. The Hall–Kier alpha value is -0.895. The molecule has 58 valence electrons. The summed E-state index contributed by atoms with van der Waals surface area (Å²) in [4.78, 5) is 0. The van der Waals surface area contributed by atoms with Crippen LogP contribution in [0.1, 0.15) is 5.56 Å². The molecule has 0 aromatic heterocycles. The summed E-state index contributed by atoms with van der Waals surface area (Å²) in [5.74, 6) is -1.05. The molecule has 1 aromatic carbocycles. The number of aliphatic hydroxyl groups excluding tert-OH is 1. The Morgan fingerprint density at radius 3 is 2.27 bits per heavy atom. The predicted octanol–water partition coefficient (Wildman–Crippen LogP) is -0.284. The summed E-state index contributed by atoms with van der Waals surface area (Å²) in [6.07, 6.45) is 0. The summed E-state index contributed by atoms with van der Waals surface area (Å²) in [6, 6.07) is 2.05. The van der Waals surface area contributed by atoms with Crippen LogP contribution in [0.4, 0.5) is 8.78 Å². The molecule has 1 N–H and O–H groups in total. The molecule has 0 bridgehead atoms. The molecular formula is C7H7BF2O. The van der Waals surface area contributed by atoms with Crippen molar-refractivity contribution < 1.29 is 13.9 Å². The van der Waals surface area contributed by atoms with Crippen LogP contribution in [-0.4, -0.2) is 13.0 Å². The summed E-state index contributed by atoms with van der Waals surface area (Å²) in [5.41, 5.74) is 0.206. The van der Waals surface area contributed by atoms with E-state index < -0.39 is 18.2 Å². The van der Waals surface area contributed by atoms with Gasteiger partial charge in [0, 0.05) is 5.56 Å². The third kappa shape index (κ3) is 1.40. The van der Waals surface area contributed by atoms with Gasteiger partial charge in [-0.2, -0.15) is 0 Å². The van der Waals surface area contributed by atoms with E-state index in [0.29, 0.717) is 0 Å². The highest BCUT2D eigenvalue weighted by Crippen LogP contribution is 2.05. The lowest BCUT2D eigenvalue weighted by atomic mass is 9.90. The van der Waals surface area contributed by atoms with Gasteiger partial charge in [0.2, 0.25) is 0 Å². The van der Waals surface area contributed by atoms with Crippen molar-refractivity contribution in [1.82, 2.24) is 0 Å². The van der Waals surface area contributed by atoms with Crippen molar-refractivity contribution in [2.45, 2.75) is 6.61 Å². The van der Waals surface area contributed by atoms with Crippen LogP contribution in [0.3, 0.4) is 0 Å². The SMILES string of the molecule is Bc1c(F)ccc(F)c1CO. The van der Waals surface area contributed by atoms with E-state index >= 15 is 0 Å². The van der Waals surface area contributed by atoms with Crippen molar-refractivity contribution >= 4 is 13.3 Å². The highest BCUT2D eigenvalue weighted by atomic mass is 19.1. The van der Waals surface area contributed by atoms with Crippen LogP contribution in [0, 0.1) is 11.6 Å². The molecule has 0 aliphatic rings. The Labute approximate surface area is 64.1 Å². The fourth-order valence-corrected chi connectivity index (χ4v) is 0.889. The second-order valence-electron chi connectivity index (χ2n) is 2.29. The first kappa shape index (κ1) is 8.20. The van der Waals surface area contributed by atoms with E-state index in [1.54, 1.807) is 0 Å². The molecule has 0 spiro atoms. The largest absolute Gasteiger partial charge is 0.392 e. The first-order valence-corrected chi connectivity index (χ1v) is 3.21. The average Bonchev–Trinajstić information content (AvgIpc) is 1.99. The average molecular weight is 156 g/mol. The van der Waals surface area contributed by atoms with Crippen molar-refractivity contribution in [3.63, 3.8) is 0 Å². The second kappa shape index (κ2) is 3.01. The van der Waals surface area contributed by atoms with Crippen molar-refractivity contribution in [1.29, 1.82) is 0 Å². The van der Waals surface area contributed by atoms with E-state index in [0.717, 1.165) is 12.1 Å². The fraction of sp³-hybridized carbons (Fsp3) is 0.143.